The molecular weight excluding hydrogens is 494 g/mol. The molecular formula is C29H37N7OS. The molecule has 1 amide bonds. The summed E-state index contributed by atoms with van der Waals surface area (Å²) in [6.07, 6.45) is 8.47. The highest BCUT2D eigenvalue weighted by Gasteiger charge is 2.20. The van der Waals surface area contributed by atoms with E-state index >= 15 is 0 Å². The lowest BCUT2D eigenvalue weighted by Gasteiger charge is -2.26. The van der Waals surface area contributed by atoms with Crippen LogP contribution in [-0.4, -0.2) is 69.2 Å². The first-order valence-electron chi connectivity index (χ1n) is 13.7. The molecule has 0 saturated carbocycles. The number of anilines is 1. The van der Waals surface area contributed by atoms with Crippen molar-refractivity contribution in [3.05, 3.63) is 53.7 Å². The number of amides is 1. The Labute approximate surface area is 228 Å². The Morgan fingerprint density at radius 1 is 1.08 bits per heavy atom. The van der Waals surface area contributed by atoms with Gasteiger partial charge in [-0.05, 0) is 62.5 Å². The molecule has 1 fully saturated rings. The van der Waals surface area contributed by atoms with Crippen molar-refractivity contribution in [2.45, 2.75) is 52.5 Å². The average Bonchev–Trinajstić information content (AvgIpc) is 3.55. The number of carbonyl (C=O) groups excluding carboxylic acids is 1. The number of hydrogen-bond acceptors (Lipinski definition) is 7. The van der Waals surface area contributed by atoms with Crippen LogP contribution in [-0.2, 0) is 0 Å². The number of hydrogen-bond donors (Lipinski definition) is 1. The van der Waals surface area contributed by atoms with Crippen molar-refractivity contribution in [2.24, 2.45) is 0 Å². The van der Waals surface area contributed by atoms with Crippen LogP contribution in [0.3, 0.4) is 0 Å². The van der Waals surface area contributed by atoms with Gasteiger partial charge in [-0.3, -0.25) is 9.69 Å². The SMILES string of the molecule is CCN(CC)[C@@H](C)CNC(=O)c1cc(-c2cnn3ccc(-c4cccs4)nc23)nc(N2CCCCCC2)c1. The minimum absolute atomic E-state index is 0.0764. The molecule has 0 unspecified atom stereocenters. The first-order chi connectivity index (χ1) is 18.6. The third-order valence-electron chi connectivity index (χ3n) is 7.42. The molecule has 0 spiro atoms. The van der Waals surface area contributed by atoms with Crippen LogP contribution < -0.4 is 10.2 Å². The maximum Gasteiger partial charge on any atom is 0.251 e. The van der Waals surface area contributed by atoms with Crippen LogP contribution in [0.15, 0.2) is 48.1 Å². The molecule has 1 aliphatic rings. The summed E-state index contributed by atoms with van der Waals surface area (Å²) in [5, 5.41) is 9.76. The number of pyridine rings is 1. The van der Waals surface area contributed by atoms with E-state index in [1.165, 1.54) is 12.8 Å². The number of carbonyl (C=O) groups is 1. The van der Waals surface area contributed by atoms with Gasteiger partial charge in [0.25, 0.3) is 5.91 Å². The van der Waals surface area contributed by atoms with Crippen molar-refractivity contribution in [3.63, 3.8) is 0 Å². The van der Waals surface area contributed by atoms with E-state index < -0.39 is 0 Å². The van der Waals surface area contributed by atoms with Gasteiger partial charge in [-0.1, -0.05) is 32.8 Å². The quantitative estimate of drug-likeness (QED) is 0.313. The summed E-state index contributed by atoms with van der Waals surface area (Å²) in [5.74, 6) is 0.771. The Kier molecular flexibility index (Phi) is 8.34. The van der Waals surface area contributed by atoms with E-state index in [-0.39, 0.29) is 11.9 Å². The normalized spacial score (nSPS) is 15.1. The Balaban J connectivity index is 1.51. The number of nitrogens with zero attached hydrogens (tertiary/aromatic N) is 6. The van der Waals surface area contributed by atoms with Gasteiger partial charge >= 0.3 is 0 Å². The van der Waals surface area contributed by atoms with Crippen molar-refractivity contribution in [1.29, 1.82) is 0 Å². The molecule has 4 aromatic rings. The molecule has 38 heavy (non-hydrogen) atoms. The first kappa shape index (κ1) is 26.3. The number of rotatable bonds is 9. The average molecular weight is 532 g/mol. The highest BCUT2D eigenvalue weighted by Crippen LogP contribution is 2.29. The predicted octanol–water partition coefficient (Wildman–Crippen LogP) is 5.36. The van der Waals surface area contributed by atoms with Gasteiger partial charge in [0.05, 0.1) is 28.0 Å². The van der Waals surface area contributed by atoms with Gasteiger partial charge in [-0.15, -0.1) is 11.3 Å². The molecule has 0 bridgehead atoms. The van der Waals surface area contributed by atoms with Crippen molar-refractivity contribution in [1.82, 2.24) is 29.8 Å². The summed E-state index contributed by atoms with van der Waals surface area (Å²) in [6.45, 7) is 10.9. The van der Waals surface area contributed by atoms with Gasteiger partial charge in [0.15, 0.2) is 5.65 Å². The number of fused-ring (bicyclic) bond motifs is 1. The molecule has 1 N–H and O–H groups in total. The van der Waals surface area contributed by atoms with E-state index in [9.17, 15) is 4.79 Å². The summed E-state index contributed by atoms with van der Waals surface area (Å²) in [6, 6.07) is 10.2. The van der Waals surface area contributed by atoms with Crippen molar-refractivity contribution >= 4 is 28.7 Å². The fourth-order valence-electron chi connectivity index (χ4n) is 5.18. The Hall–Kier alpha value is -3.30. The number of thiophene rings is 1. The summed E-state index contributed by atoms with van der Waals surface area (Å²) >= 11 is 1.66. The molecule has 5 rings (SSSR count). The molecule has 4 aromatic heterocycles. The van der Waals surface area contributed by atoms with Crippen LogP contribution in [0.1, 0.15) is 56.8 Å². The smallest absolute Gasteiger partial charge is 0.251 e. The van der Waals surface area contributed by atoms with Crippen molar-refractivity contribution in [3.8, 4) is 21.8 Å². The predicted molar refractivity (Wildman–Crippen MR) is 155 cm³/mol. The number of nitrogens with one attached hydrogen (secondary N) is 1. The monoisotopic (exact) mass is 531 g/mol. The summed E-state index contributed by atoms with van der Waals surface area (Å²) in [5.41, 5.74) is 3.80. The zero-order valence-corrected chi connectivity index (χ0v) is 23.4. The molecule has 200 valence electrons. The van der Waals surface area contributed by atoms with E-state index in [1.54, 1.807) is 22.0 Å². The van der Waals surface area contributed by atoms with Crippen LogP contribution in [0.4, 0.5) is 5.82 Å². The van der Waals surface area contributed by atoms with Gasteiger partial charge in [-0.2, -0.15) is 5.10 Å². The maximum absolute atomic E-state index is 13.4. The van der Waals surface area contributed by atoms with Gasteiger partial charge < -0.3 is 10.2 Å². The minimum atomic E-state index is -0.0764. The Morgan fingerprint density at radius 2 is 1.87 bits per heavy atom. The Bertz CT molecular complexity index is 1350. The highest BCUT2D eigenvalue weighted by molar-refractivity contribution is 7.13. The van der Waals surface area contributed by atoms with Crippen LogP contribution in [0, 0.1) is 0 Å². The second-order valence-electron chi connectivity index (χ2n) is 9.90. The fraction of sp³-hybridized carbons (Fsp3) is 0.448. The van der Waals surface area contributed by atoms with Crippen molar-refractivity contribution in [2.75, 3.05) is 37.6 Å². The second kappa shape index (κ2) is 12.0. The second-order valence-corrected chi connectivity index (χ2v) is 10.8. The molecule has 1 atom stereocenters. The molecule has 5 heterocycles. The number of likely N-dealkylation sites (N-methyl/N-ethyl adjacent to an activating group) is 1. The van der Waals surface area contributed by atoms with E-state index in [1.807, 2.05) is 30.5 Å². The summed E-state index contributed by atoms with van der Waals surface area (Å²) in [4.78, 5) is 29.2. The highest BCUT2D eigenvalue weighted by atomic mass is 32.1. The van der Waals surface area contributed by atoms with Crippen molar-refractivity contribution < 1.29 is 4.79 Å². The van der Waals surface area contributed by atoms with Gasteiger partial charge in [0, 0.05) is 37.4 Å². The topological polar surface area (TPSA) is 78.7 Å². The van der Waals surface area contributed by atoms with Gasteiger partial charge in [-0.25, -0.2) is 14.5 Å². The lowest BCUT2D eigenvalue weighted by atomic mass is 10.1. The molecule has 8 nitrogen and oxygen atoms in total. The molecule has 1 saturated heterocycles. The van der Waals surface area contributed by atoms with Gasteiger partial charge in [0.1, 0.15) is 5.82 Å². The van der Waals surface area contributed by atoms with E-state index in [0.717, 1.165) is 72.3 Å². The largest absolute Gasteiger partial charge is 0.357 e. The minimum Gasteiger partial charge on any atom is -0.357 e. The molecule has 9 heteroatoms. The Morgan fingerprint density at radius 3 is 2.58 bits per heavy atom. The van der Waals surface area contributed by atoms with Gasteiger partial charge in [0.2, 0.25) is 0 Å². The third-order valence-corrected chi connectivity index (χ3v) is 8.31. The van der Waals surface area contributed by atoms with E-state index in [0.29, 0.717) is 12.1 Å². The molecule has 1 aliphatic heterocycles. The summed E-state index contributed by atoms with van der Waals surface area (Å²) in [7, 11) is 0. The maximum atomic E-state index is 13.4. The lowest BCUT2D eigenvalue weighted by Crippen LogP contribution is -2.42. The van der Waals surface area contributed by atoms with E-state index in [2.05, 4.69) is 52.4 Å². The summed E-state index contributed by atoms with van der Waals surface area (Å²) < 4.78 is 1.78. The van der Waals surface area contributed by atoms with E-state index in [4.69, 9.17) is 9.97 Å². The standard InChI is InChI=1S/C29H37N7OS/c1-4-34(5-2)21(3)19-30-29(37)22-17-25(32-27(18-22)35-13-8-6-7-9-14-35)23-20-31-36-15-12-24(33-28(23)36)26-11-10-16-38-26/h10-12,15-18,20-21H,4-9,13-14,19H2,1-3H3,(H,30,37)/t21-/m0/s1. The zero-order valence-electron chi connectivity index (χ0n) is 22.6. The van der Waals surface area contributed by atoms with Crippen LogP contribution >= 0.6 is 11.3 Å². The third kappa shape index (κ3) is 5.73. The molecule has 0 aliphatic carbocycles. The van der Waals surface area contributed by atoms with Crippen LogP contribution in [0.2, 0.25) is 0 Å². The first-order valence-corrected chi connectivity index (χ1v) is 14.6. The molecule has 0 aromatic carbocycles. The lowest BCUT2D eigenvalue weighted by molar-refractivity contribution is 0.0938. The van der Waals surface area contributed by atoms with Crippen LogP contribution in [0.5, 0.6) is 0 Å². The fourth-order valence-corrected chi connectivity index (χ4v) is 5.87. The number of aromatic nitrogens is 4. The zero-order chi connectivity index (χ0) is 26.5. The van der Waals surface area contributed by atoms with Crippen LogP contribution in [0.25, 0.3) is 27.5 Å². The molecule has 0 radical (unpaired) electrons.